The van der Waals surface area contributed by atoms with Gasteiger partial charge in [-0.3, -0.25) is 14.0 Å². The number of piperidine rings is 1. The number of rotatable bonds is 8. The highest BCUT2D eigenvalue weighted by Crippen LogP contribution is 2.30. The van der Waals surface area contributed by atoms with Crippen LogP contribution in [0.5, 0.6) is 0 Å². The van der Waals surface area contributed by atoms with Crippen LogP contribution in [0, 0.1) is 0 Å². The van der Waals surface area contributed by atoms with Gasteiger partial charge in [-0.15, -0.1) is 0 Å². The molecule has 0 aliphatic carbocycles. The summed E-state index contributed by atoms with van der Waals surface area (Å²) >= 11 is 12.0. The molecule has 3 rings (SSSR count). The Morgan fingerprint density at radius 3 is 2.29 bits per heavy atom. The fourth-order valence-corrected chi connectivity index (χ4v) is 5.02. The summed E-state index contributed by atoms with van der Waals surface area (Å²) in [4.78, 5) is 14.9. The number of benzene rings is 2. The molecule has 0 spiro atoms. The van der Waals surface area contributed by atoms with Gasteiger partial charge >= 0.3 is 0 Å². The maximum absolute atomic E-state index is 12.5. The van der Waals surface area contributed by atoms with Crippen molar-refractivity contribution in [2.75, 3.05) is 30.2 Å². The van der Waals surface area contributed by atoms with E-state index in [-0.39, 0.29) is 17.3 Å². The largest absolute Gasteiger partial charge is 0.350 e. The number of nitrogens with one attached hydrogen (secondary N) is 1. The number of nitrogens with zero attached hydrogens (tertiary/aromatic N) is 2. The number of hydrogen-bond acceptors (Lipinski definition) is 4. The summed E-state index contributed by atoms with van der Waals surface area (Å²) in [5.74, 6) is -0.422. The number of halogens is 2. The Morgan fingerprint density at radius 2 is 1.68 bits per heavy atom. The van der Waals surface area contributed by atoms with Crippen LogP contribution in [0.25, 0.3) is 0 Å². The minimum atomic E-state index is -3.71. The predicted octanol–water partition coefficient (Wildman–Crippen LogP) is 4.06. The minimum absolute atomic E-state index is 0.162. The van der Waals surface area contributed by atoms with Crippen LogP contribution in [-0.2, 0) is 27.9 Å². The van der Waals surface area contributed by atoms with Gasteiger partial charge in [-0.2, -0.15) is 0 Å². The lowest BCUT2D eigenvalue weighted by atomic mass is 10.1. The maximum Gasteiger partial charge on any atom is 0.241 e. The molecule has 1 aliphatic rings. The van der Waals surface area contributed by atoms with Crippen LogP contribution in [0.15, 0.2) is 42.5 Å². The molecule has 0 aromatic heterocycles. The predicted molar refractivity (Wildman–Crippen MR) is 126 cm³/mol. The van der Waals surface area contributed by atoms with E-state index in [1.54, 1.807) is 0 Å². The number of hydrogen-bond donors (Lipinski definition) is 1. The fraction of sp³-hybridized carbons (Fsp3) is 0.409. The first-order valence-electron chi connectivity index (χ1n) is 10.2. The highest BCUT2D eigenvalue weighted by atomic mass is 35.5. The summed E-state index contributed by atoms with van der Waals surface area (Å²) < 4.78 is 25.4. The molecule has 2 aromatic rings. The molecule has 0 radical (unpaired) electrons. The van der Waals surface area contributed by atoms with Gasteiger partial charge in [-0.25, -0.2) is 8.42 Å². The van der Waals surface area contributed by atoms with Crippen LogP contribution >= 0.6 is 23.2 Å². The van der Waals surface area contributed by atoms with E-state index in [9.17, 15) is 13.2 Å². The summed E-state index contributed by atoms with van der Waals surface area (Å²) in [6, 6.07) is 12.6. The average Bonchev–Trinajstić information content (AvgIpc) is 2.72. The molecule has 0 saturated carbocycles. The summed E-state index contributed by atoms with van der Waals surface area (Å²) in [6.07, 6.45) is 4.87. The van der Waals surface area contributed by atoms with Gasteiger partial charge in [0, 0.05) is 18.1 Å². The summed E-state index contributed by atoms with van der Waals surface area (Å²) in [7, 11) is -3.71. The van der Waals surface area contributed by atoms with Gasteiger partial charge in [0.15, 0.2) is 0 Å². The van der Waals surface area contributed by atoms with Gasteiger partial charge in [-0.1, -0.05) is 53.9 Å². The lowest BCUT2D eigenvalue weighted by Gasteiger charge is -2.26. The van der Waals surface area contributed by atoms with Gasteiger partial charge in [0.05, 0.1) is 17.0 Å². The van der Waals surface area contributed by atoms with E-state index >= 15 is 0 Å². The van der Waals surface area contributed by atoms with Crippen molar-refractivity contribution < 1.29 is 13.2 Å². The Kier molecular flexibility index (Phi) is 8.22. The van der Waals surface area contributed by atoms with Gasteiger partial charge in [0.25, 0.3) is 0 Å². The smallest absolute Gasteiger partial charge is 0.241 e. The molecule has 1 fully saturated rings. The van der Waals surface area contributed by atoms with Gasteiger partial charge < -0.3 is 5.32 Å². The number of amides is 1. The monoisotopic (exact) mass is 483 g/mol. The third-order valence-electron chi connectivity index (χ3n) is 5.23. The fourth-order valence-electron chi connectivity index (χ4n) is 3.59. The Labute approximate surface area is 194 Å². The van der Waals surface area contributed by atoms with Crippen molar-refractivity contribution in [2.24, 2.45) is 0 Å². The first-order valence-corrected chi connectivity index (χ1v) is 12.8. The van der Waals surface area contributed by atoms with Crippen molar-refractivity contribution in [3.05, 3.63) is 63.6 Å². The molecule has 2 aromatic carbocycles. The van der Waals surface area contributed by atoms with Crippen LogP contribution in [0.1, 0.15) is 30.4 Å². The van der Waals surface area contributed by atoms with Crippen LogP contribution < -0.4 is 9.62 Å². The molecule has 1 amide bonds. The van der Waals surface area contributed by atoms with E-state index in [0.717, 1.165) is 35.8 Å². The van der Waals surface area contributed by atoms with E-state index in [1.165, 1.54) is 43.0 Å². The van der Waals surface area contributed by atoms with E-state index in [0.29, 0.717) is 11.6 Å². The van der Waals surface area contributed by atoms with Crippen LogP contribution in [-0.4, -0.2) is 45.1 Å². The number of sulfonamides is 1. The van der Waals surface area contributed by atoms with Crippen LogP contribution in [0.2, 0.25) is 10.0 Å². The van der Waals surface area contributed by atoms with Gasteiger partial charge in [-0.05, 0) is 55.3 Å². The highest BCUT2D eigenvalue weighted by molar-refractivity contribution is 7.92. The molecule has 1 heterocycles. The molecule has 168 valence electrons. The maximum atomic E-state index is 12.5. The lowest BCUT2D eigenvalue weighted by molar-refractivity contribution is -0.119. The third-order valence-corrected chi connectivity index (χ3v) is 6.90. The van der Waals surface area contributed by atoms with Crippen LogP contribution in [0.3, 0.4) is 0 Å². The quantitative estimate of drug-likeness (QED) is 0.614. The molecule has 0 bridgehead atoms. The van der Waals surface area contributed by atoms with Crippen LogP contribution in [0.4, 0.5) is 5.69 Å². The number of carbonyl (C=O) groups excluding carboxylic acids is 1. The van der Waals surface area contributed by atoms with E-state index in [4.69, 9.17) is 23.2 Å². The zero-order chi connectivity index (χ0) is 22.4. The summed E-state index contributed by atoms with van der Waals surface area (Å²) in [5.41, 5.74) is 2.41. The van der Waals surface area contributed by atoms with Crippen molar-refractivity contribution in [3.8, 4) is 0 Å². The van der Waals surface area contributed by atoms with Crippen molar-refractivity contribution in [2.45, 2.75) is 32.4 Å². The zero-order valence-electron chi connectivity index (χ0n) is 17.5. The first kappa shape index (κ1) is 23.9. The molecule has 1 aliphatic heterocycles. The summed E-state index contributed by atoms with van der Waals surface area (Å²) in [5, 5.41) is 3.33. The summed E-state index contributed by atoms with van der Waals surface area (Å²) in [6.45, 7) is 3.18. The highest BCUT2D eigenvalue weighted by Gasteiger charge is 2.23. The first-order chi connectivity index (χ1) is 14.7. The Balaban J connectivity index is 1.57. The standard InChI is InChI=1S/C22H27Cl2N3O3S/c1-31(29,30)27(21-10-9-19(23)13-20(21)24)16-22(28)25-14-17-5-7-18(8-6-17)15-26-11-3-2-4-12-26/h5-10,13H,2-4,11-12,14-16H2,1H3,(H,25,28). The van der Waals surface area contributed by atoms with Crippen molar-refractivity contribution in [1.29, 1.82) is 0 Å². The number of anilines is 1. The minimum Gasteiger partial charge on any atom is -0.350 e. The van der Waals surface area contributed by atoms with Crippen molar-refractivity contribution >= 4 is 44.8 Å². The molecule has 31 heavy (non-hydrogen) atoms. The topological polar surface area (TPSA) is 69.7 Å². The molecule has 1 N–H and O–H groups in total. The molecule has 9 heteroatoms. The molecule has 1 saturated heterocycles. The Morgan fingerprint density at radius 1 is 1.03 bits per heavy atom. The van der Waals surface area contributed by atoms with Crippen molar-refractivity contribution in [1.82, 2.24) is 10.2 Å². The van der Waals surface area contributed by atoms with E-state index in [1.807, 2.05) is 12.1 Å². The molecular weight excluding hydrogens is 457 g/mol. The lowest BCUT2D eigenvalue weighted by Crippen LogP contribution is -2.40. The second-order valence-corrected chi connectivity index (χ2v) is 10.5. The van der Waals surface area contributed by atoms with E-state index < -0.39 is 15.9 Å². The Hall–Kier alpha value is -1.80. The molecule has 0 unspecified atom stereocenters. The number of carbonyl (C=O) groups is 1. The SMILES string of the molecule is CS(=O)(=O)N(CC(=O)NCc1ccc(CN2CCCCC2)cc1)c1ccc(Cl)cc1Cl. The number of likely N-dealkylation sites (tertiary alicyclic amines) is 1. The molecule has 0 atom stereocenters. The second-order valence-electron chi connectivity index (χ2n) is 7.80. The Bertz CT molecular complexity index is 1010. The average molecular weight is 484 g/mol. The molecule has 6 nitrogen and oxygen atoms in total. The van der Waals surface area contributed by atoms with Crippen molar-refractivity contribution in [3.63, 3.8) is 0 Å². The van der Waals surface area contributed by atoms with E-state index in [2.05, 4.69) is 22.3 Å². The second kappa shape index (κ2) is 10.7. The normalized spacial score (nSPS) is 14.9. The van der Waals surface area contributed by atoms with Gasteiger partial charge in [0.2, 0.25) is 15.9 Å². The van der Waals surface area contributed by atoms with Gasteiger partial charge in [0.1, 0.15) is 6.54 Å². The zero-order valence-corrected chi connectivity index (χ0v) is 19.8. The molecular formula is C22H27Cl2N3O3S. The third kappa shape index (κ3) is 7.10.